The smallest absolute Gasteiger partial charge is 0.310 e. The van der Waals surface area contributed by atoms with Gasteiger partial charge in [0, 0.05) is 11.6 Å². The average molecular weight is 408 g/mol. The van der Waals surface area contributed by atoms with Crippen molar-refractivity contribution in [3.63, 3.8) is 0 Å². The molecule has 1 aliphatic carbocycles. The Kier molecular flexibility index (Phi) is 6.19. The maximum Gasteiger partial charge on any atom is 0.310 e. The van der Waals surface area contributed by atoms with Gasteiger partial charge in [0.15, 0.2) is 0 Å². The molecule has 3 rings (SSSR count). The van der Waals surface area contributed by atoms with Crippen LogP contribution in [-0.2, 0) is 32.4 Å². The molecule has 0 aliphatic heterocycles. The lowest BCUT2D eigenvalue weighted by molar-refractivity contribution is -0.142. The third-order valence-electron chi connectivity index (χ3n) is 4.71. The Balaban J connectivity index is 1.65. The first kappa shape index (κ1) is 19.9. The van der Waals surface area contributed by atoms with Crippen LogP contribution in [0.25, 0.3) is 0 Å². The molecule has 0 fully saturated rings. The van der Waals surface area contributed by atoms with Gasteiger partial charge in [-0.15, -0.1) is 0 Å². The van der Waals surface area contributed by atoms with Crippen molar-refractivity contribution in [2.45, 2.75) is 37.0 Å². The molecule has 1 unspecified atom stereocenters. The molecule has 5 nitrogen and oxygen atoms in total. The van der Waals surface area contributed by atoms with Crippen molar-refractivity contribution >= 4 is 27.6 Å². The van der Waals surface area contributed by atoms with E-state index in [-0.39, 0.29) is 23.2 Å². The molecule has 0 aromatic heterocycles. The van der Waals surface area contributed by atoms with Crippen molar-refractivity contribution in [2.24, 2.45) is 0 Å². The van der Waals surface area contributed by atoms with Crippen LogP contribution in [-0.4, -0.2) is 27.5 Å². The van der Waals surface area contributed by atoms with Gasteiger partial charge < -0.3 is 4.74 Å². The SMILES string of the molecule is CCOC(=O)Cc1ccc2c(c1)CCC2CNS(=O)(=O)c1ccc(Cl)cc1. The van der Waals surface area contributed by atoms with Gasteiger partial charge in [-0.25, -0.2) is 13.1 Å². The van der Waals surface area contributed by atoms with Crippen molar-refractivity contribution in [3.05, 3.63) is 64.2 Å². The van der Waals surface area contributed by atoms with Crippen LogP contribution in [0.2, 0.25) is 5.02 Å². The minimum absolute atomic E-state index is 0.124. The number of benzene rings is 2. The summed E-state index contributed by atoms with van der Waals surface area (Å²) < 4.78 is 32.6. The van der Waals surface area contributed by atoms with Gasteiger partial charge in [0.05, 0.1) is 17.9 Å². The normalized spacial score (nSPS) is 16.1. The molecule has 7 heteroatoms. The van der Waals surface area contributed by atoms with E-state index in [1.165, 1.54) is 17.7 Å². The predicted octanol–water partition coefficient (Wildman–Crippen LogP) is 3.45. The number of rotatable bonds is 7. The van der Waals surface area contributed by atoms with Crippen molar-refractivity contribution in [1.29, 1.82) is 0 Å². The second-order valence-corrected chi connectivity index (χ2v) is 8.76. The van der Waals surface area contributed by atoms with Crippen molar-refractivity contribution in [1.82, 2.24) is 4.72 Å². The number of hydrogen-bond acceptors (Lipinski definition) is 4. The Morgan fingerprint density at radius 2 is 1.96 bits per heavy atom. The topological polar surface area (TPSA) is 72.5 Å². The lowest BCUT2D eigenvalue weighted by Gasteiger charge is -2.14. The van der Waals surface area contributed by atoms with Gasteiger partial charge in [0.2, 0.25) is 10.0 Å². The number of carbonyl (C=O) groups is 1. The average Bonchev–Trinajstić information content (AvgIpc) is 3.03. The standard InChI is InChI=1S/C20H22ClNO4S/c1-2-26-20(23)12-14-3-10-19-15(11-14)4-5-16(19)13-22-27(24,25)18-8-6-17(21)7-9-18/h3,6-11,16,22H,2,4-5,12-13H2,1H3. The molecule has 2 aromatic rings. The molecule has 0 radical (unpaired) electrons. The first-order chi connectivity index (χ1) is 12.9. The number of halogens is 1. The number of sulfonamides is 1. The van der Waals surface area contributed by atoms with E-state index >= 15 is 0 Å². The Morgan fingerprint density at radius 1 is 1.22 bits per heavy atom. The number of esters is 1. The maximum absolute atomic E-state index is 12.4. The molecule has 1 aliphatic rings. The highest BCUT2D eigenvalue weighted by Gasteiger charge is 2.25. The highest BCUT2D eigenvalue weighted by Crippen LogP contribution is 2.33. The molecule has 0 saturated carbocycles. The number of nitrogens with one attached hydrogen (secondary N) is 1. The van der Waals surface area contributed by atoms with Crippen LogP contribution >= 0.6 is 11.6 Å². The number of carbonyl (C=O) groups excluding carboxylic acids is 1. The van der Waals surface area contributed by atoms with Crippen molar-refractivity contribution in [3.8, 4) is 0 Å². The zero-order valence-corrected chi connectivity index (χ0v) is 16.6. The molecule has 27 heavy (non-hydrogen) atoms. The summed E-state index contributed by atoms with van der Waals surface area (Å²) in [5.41, 5.74) is 3.24. The number of ether oxygens (including phenoxy) is 1. The molecule has 0 saturated heterocycles. The summed E-state index contributed by atoms with van der Waals surface area (Å²) in [6.07, 6.45) is 2.01. The molecular weight excluding hydrogens is 386 g/mol. The highest BCUT2D eigenvalue weighted by atomic mass is 35.5. The molecule has 144 valence electrons. The maximum atomic E-state index is 12.4. The molecular formula is C20H22ClNO4S. The molecule has 1 atom stereocenters. The van der Waals surface area contributed by atoms with Gasteiger partial charge in [-0.3, -0.25) is 4.79 Å². The van der Waals surface area contributed by atoms with Gasteiger partial charge in [0.25, 0.3) is 0 Å². The highest BCUT2D eigenvalue weighted by molar-refractivity contribution is 7.89. The predicted molar refractivity (Wildman–Crippen MR) is 104 cm³/mol. The van der Waals surface area contributed by atoms with Gasteiger partial charge in [-0.05, 0) is 66.6 Å². The Labute approximate surface area is 164 Å². The summed E-state index contributed by atoms with van der Waals surface area (Å²) in [5.74, 6) is -0.110. The van der Waals surface area contributed by atoms with E-state index in [2.05, 4.69) is 4.72 Å². The second-order valence-electron chi connectivity index (χ2n) is 6.56. The molecule has 0 bridgehead atoms. The van der Waals surface area contributed by atoms with Crippen LogP contribution in [0, 0.1) is 0 Å². The van der Waals surface area contributed by atoms with E-state index in [1.807, 2.05) is 18.2 Å². The van der Waals surface area contributed by atoms with Gasteiger partial charge in [-0.1, -0.05) is 29.8 Å². The van der Waals surface area contributed by atoms with E-state index in [4.69, 9.17) is 16.3 Å². The van der Waals surface area contributed by atoms with E-state index in [0.29, 0.717) is 18.2 Å². The van der Waals surface area contributed by atoms with Crippen LogP contribution in [0.4, 0.5) is 0 Å². The summed E-state index contributed by atoms with van der Waals surface area (Å²) in [7, 11) is -3.57. The van der Waals surface area contributed by atoms with Crippen LogP contribution in [0.3, 0.4) is 0 Å². The summed E-state index contributed by atoms with van der Waals surface area (Å²) in [4.78, 5) is 11.8. The number of hydrogen-bond donors (Lipinski definition) is 1. The van der Waals surface area contributed by atoms with Gasteiger partial charge in [0.1, 0.15) is 0 Å². The first-order valence-corrected chi connectivity index (χ1v) is 10.8. The summed E-state index contributed by atoms with van der Waals surface area (Å²) in [5, 5.41) is 0.497. The molecule has 2 aromatic carbocycles. The zero-order valence-electron chi connectivity index (χ0n) is 15.1. The summed E-state index contributed by atoms with van der Waals surface area (Å²) >= 11 is 5.82. The molecule has 0 amide bonds. The first-order valence-electron chi connectivity index (χ1n) is 8.91. The lowest BCUT2D eigenvalue weighted by atomic mass is 9.99. The quantitative estimate of drug-likeness (QED) is 0.713. The van der Waals surface area contributed by atoms with E-state index in [9.17, 15) is 13.2 Å². The van der Waals surface area contributed by atoms with E-state index in [0.717, 1.165) is 24.0 Å². The Hall–Kier alpha value is -1.89. The fourth-order valence-corrected chi connectivity index (χ4v) is 4.57. The van der Waals surface area contributed by atoms with Gasteiger partial charge >= 0.3 is 5.97 Å². The molecule has 0 heterocycles. The Morgan fingerprint density at radius 3 is 2.67 bits per heavy atom. The van der Waals surface area contributed by atoms with Gasteiger partial charge in [-0.2, -0.15) is 0 Å². The largest absolute Gasteiger partial charge is 0.466 e. The Bertz CT molecular complexity index is 925. The molecule has 0 spiro atoms. The zero-order chi connectivity index (χ0) is 19.4. The lowest BCUT2D eigenvalue weighted by Crippen LogP contribution is -2.28. The van der Waals surface area contributed by atoms with Crippen LogP contribution in [0.5, 0.6) is 0 Å². The van der Waals surface area contributed by atoms with Crippen LogP contribution in [0.15, 0.2) is 47.4 Å². The minimum Gasteiger partial charge on any atom is -0.466 e. The fourth-order valence-electron chi connectivity index (χ4n) is 3.37. The van der Waals surface area contributed by atoms with Crippen molar-refractivity contribution < 1.29 is 17.9 Å². The summed E-state index contributed by atoms with van der Waals surface area (Å²) in [6, 6.07) is 12.1. The van der Waals surface area contributed by atoms with E-state index < -0.39 is 10.0 Å². The second kappa shape index (κ2) is 8.42. The number of aryl methyl sites for hydroxylation is 1. The fraction of sp³-hybridized carbons (Fsp3) is 0.350. The van der Waals surface area contributed by atoms with E-state index in [1.54, 1.807) is 19.1 Å². The van der Waals surface area contributed by atoms with Crippen LogP contribution < -0.4 is 4.72 Å². The monoisotopic (exact) mass is 407 g/mol. The molecule has 1 N–H and O–H groups in total. The third-order valence-corrected chi connectivity index (χ3v) is 6.40. The van der Waals surface area contributed by atoms with Crippen molar-refractivity contribution in [2.75, 3.05) is 13.2 Å². The summed E-state index contributed by atoms with van der Waals surface area (Å²) in [6.45, 7) is 2.51. The minimum atomic E-state index is -3.57. The van der Waals surface area contributed by atoms with Crippen LogP contribution in [0.1, 0.15) is 36.0 Å². The number of fused-ring (bicyclic) bond motifs is 1. The third kappa shape index (κ3) is 4.89.